The molecule has 0 aliphatic heterocycles. The van der Waals surface area contributed by atoms with E-state index in [1.54, 1.807) is 0 Å². The Morgan fingerprint density at radius 3 is 1.47 bits per heavy atom. The number of rotatable bonds is 3. The summed E-state index contributed by atoms with van der Waals surface area (Å²) in [5.74, 6) is 1.85. The molecule has 3 aromatic heterocycles. The fourth-order valence-corrected chi connectivity index (χ4v) is 5.09. The van der Waals surface area contributed by atoms with Gasteiger partial charge in [-0.1, -0.05) is 84.9 Å². The molecule has 0 N–H and O–H groups in total. The lowest BCUT2D eigenvalue weighted by molar-refractivity contribution is 0.633. The SMILES string of the molecule is c1ccc(-c2nc(-c3ccccc3)nc(-c3ccc4c(c3)oc3c4ccc4c5ccccc5oc43)n2)cc1. The van der Waals surface area contributed by atoms with E-state index in [0.29, 0.717) is 17.5 Å². The van der Waals surface area contributed by atoms with Crippen molar-refractivity contribution < 1.29 is 8.83 Å². The van der Waals surface area contributed by atoms with Gasteiger partial charge in [-0.2, -0.15) is 0 Å². The van der Waals surface area contributed by atoms with Gasteiger partial charge in [0.2, 0.25) is 0 Å². The third kappa shape index (κ3) is 3.22. The summed E-state index contributed by atoms with van der Waals surface area (Å²) >= 11 is 0. The Morgan fingerprint density at radius 1 is 0.368 bits per heavy atom. The zero-order valence-corrected chi connectivity index (χ0v) is 20.1. The Kier molecular flexibility index (Phi) is 4.45. The van der Waals surface area contributed by atoms with Crippen molar-refractivity contribution in [1.29, 1.82) is 0 Å². The molecule has 8 aromatic rings. The third-order valence-electron chi connectivity index (χ3n) is 6.94. The van der Waals surface area contributed by atoms with Crippen LogP contribution < -0.4 is 0 Å². The third-order valence-corrected chi connectivity index (χ3v) is 6.94. The highest BCUT2D eigenvalue weighted by Gasteiger charge is 2.17. The number of benzene rings is 5. The summed E-state index contributed by atoms with van der Waals surface area (Å²) < 4.78 is 12.6. The molecule has 0 fully saturated rings. The second-order valence-electron chi connectivity index (χ2n) is 9.27. The molecular weight excluding hydrogens is 470 g/mol. The van der Waals surface area contributed by atoms with Gasteiger partial charge in [0.05, 0.1) is 0 Å². The van der Waals surface area contributed by atoms with Gasteiger partial charge in [0.1, 0.15) is 11.2 Å². The van der Waals surface area contributed by atoms with Gasteiger partial charge in [-0.15, -0.1) is 0 Å². The van der Waals surface area contributed by atoms with E-state index >= 15 is 0 Å². The molecule has 0 radical (unpaired) electrons. The Morgan fingerprint density at radius 2 is 0.842 bits per heavy atom. The predicted octanol–water partition coefficient (Wildman–Crippen LogP) is 8.67. The first-order valence-electron chi connectivity index (χ1n) is 12.5. The number of nitrogens with zero attached hydrogens (tertiary/aromatic N) is 3. The van der Waals surface area contributed by atoms with Crippen LogP contribution in [0.3, 0.4) is 0 Å². The van der Waals surface area contributed by atoms with Gasteiger partial charge in [-0.25, -0.2) is 15.0 Å². The van der Waals surface area contributed by atoms with Crippen LogP contribution in [0.1, 0.15) is 0 Å². The molecule has 5 heteroatoms. The van der Waals surface area contributed by atoms with E-state index in [4.69, 9.17) is 23.8 Å². The number of furan rings is 2. The second-order valence-corrected chi connectivity index (χ2v) is 9.27. The maximum absolute atomic E-state index is 6.42. The van der Waals surface area contributed by atoms with Gasteiger partial charge in [-0.3, -0.25) is 0 Å². The van der Waals surface area contributed by atoms with E-state index in [2.05, 4.69) is 24.3 Å². The molecule has 3 heterocycles. The first-order chi connectivity index (χ1) is 18.8. The summed E-state index contributed by atoms with van der Waals surface area (Å²) in [6, 6.07) is 38.3. The van der Waals surface area contributed by atoms with Crippen LogP contribution in [-0.4, -0.2) is 15.0 Å². The molecule has 0 bridgehead atoms. The molecule has 0 saturated heterocycles. The lowest BCUT2D eigenvalue weighted by Crippen LogP contribution is -2.00. The quantitative estimate of drug-likeness (QED) is 0.248. The van der Waals surface area contributed by atoms with E-state index < -0.39 is 0 Å². The van der Waals surface area contributed by atoms with Gasteiger partial charge >= 0.3 is 0 Å². The van der Waals surface area contributed by atoms with Crippen molar-refractivity contribution in [2.45, 2.75) is 0 Å². The smallest absolute Gasteiger partial charge is 0.178 e. The Labute approximate surface area is 217 Å². The molecule has 5 aromatic carbocycles. The second kappa shape index (κ2) is 8.11. The fraction of sp³-hybridized carbons (Fsp3) is 0. The van der Waals surface area contributed by atoms with Gasteiger partial charge < -0.3 is 8.83 Å². The van der Waals surface area contributed by atoms with Crippen LogP contribution in [0.15, 0.2) is 124 Å². The molecule has 0 amide bonds. The molecular formula is C33H19N3O2. The average Bonchev–Trinajstić information content (AvgIpc) is 3.56. The van der Waals surface area contributed by atoms with E-state index in [0.717, 1.165) is 60.6 Å². The molecule has 0 atom stereocenters. The van der Waals surface area contributed by atoms with E-state index in [9.17, 15) is 0 Å². The summed E-state index contributed by atoms with van der Waals surface area (Å²) in [6.07, 6.45) is 0. The highest BCUT2D eigenvalue weighted by atomic mass is 16.4. The van der Waals surface area contributed by atoms with Crippen molar-refractivity contribution in [1.82, 2.24) is 15.0 Å². The predicted molar refractivity (Wildman–Crippen MR) is 151 cm³/mol. The largest absolute Gasteiger partial charge is 0.452 e. The van der Waals surface area contributed by atoms with Gasteiger partial charge in [0.25, 0.3) is 0 Å². The summed E-state index contributed by atoms with van der Waals surface area (Å²) in [5.41, 5.74) is 5.84. The van der Waals surface area contributed by atoms with Crippen LogP contribution in [0.4, 0.5) is 0 Å². The summed E-state index contributed by atoms with van der Waals surface area (Å²) in [6.45, 7) is 0. The average molecular weight is 490 g/mol. The maximum atomic E-state index is 6.42. The van der Waals surface area contributed by atoms with Crippen molar-refractivity contribution >= 4 is 43.9 Å². The summed E-state index contributed by atoms with van der Waals surface area (Å²) in [4.78, 5) is 14.5. The van der Waals surface area contributed by atoms with Crippen LogP contribution in [0, 0.1) is 0 Å². The Bertz CT molecular complexity index is 2070. The van der Waals surface area contributed by atoms with Crippen molar-refractivity contribution in [3.63, 3.8) is 0 Å². The molecule has 8 rings (SSSR count). The standard InChI is InChI=1S/C33H19N3O2/c1-3-9-20(10-4-1)31-34-32(21-11-5-2-6-12-21)36-33(35-31)22-15-16-24-26-18-17-25-23-13-7-8-14-27(23)37-29(25)30(26)38-28(24)19-22/h1-19H. The number of hydrogen-bond donors (Lipinski definition) is 0. The van der Waals surface area contributed by atoms with E-state index in [1.807, 2.05) is 91.0 Å². The molecule has 0 spiro atoms. The number of para-hydroxylation sites is 1. The molecule has 0 saturated carbocycles. The van der Waals surface area contributed by atoms with Crippen molar-refractivity contribution in [2.24, 2.45) is 0 Å². The van der Waals surface area contributed by atoms with Crippen molar-refractivity contribution in [3.05, 3.63) is 115 Å². The first-order valence-corrected chi connectivity index (χ1v) is 12.5. The lowest BCUT2D eigenvalue weighted by atomic mass is 10.1. The van der Waals surface area contributed by atoms with Crippen LogP contribution in [0.5, 0.6) is 0 Å². The highest BCUT2D eigenvalue weighted by molar-refractivity contribution is 6.19. The maximum Gasteiger partial charge on any atom is 0.178 e. The molecule has 0 unspecified atom stereocenters. The minimum atomic E-state index is 0.592. The lowest BCUT2D eigenvalue weighted by Gasteiger charge is -2.08. The molecule has 38 heavy (non-hydrogen) atoms. The number of hydrogen-bond acceptors (Lipinski definition) is 5. The van der Waals surface area contributed by atoms with Crippen molar-refractivity contribution in [2.75, 3.05) is 0 Å². The van der Waals surface area contributed by atoms with Crippen LogP contribution in [0.2, 0.25) is 0 Å². The molecule has 0 aliphatic carbocycles. The van der Waals surface area contributed by atoms with Crippen LogP contribution in [-0.2, 0) is 0 Å². The molecule has 178 valence electrons. The molecule has 0 aliphatic rings. The zero-order valence-electron chi connectivity index (χ0n) is 20.1. The Hall–Kier alpha value is -5.29. The zero-order chi connectivity index (χ0) is 25.1. The van der Waals surface area contributed by atoms with Gasteiger partial charge in [0.15, 0.2) is 28.6 Å². The Balaban J connectivity index is 1.33. The van der Waals surface area contributed by atoms with E-state index in [-0.39, 0.29) is 0 Å². The van der Waals surface area contributed by atoms with Crippen LogP contribution >= 0.6 is 0 Å². The topological polar surface area (TPSA) is 65.0 Å². The fourth-order valence-electron chi connectivity index (χ4n) is 5.09. The summed E-state index contributed by atoms with van der Waals surface area (Å²) in [7, 11) is 0. The number of aromatic nitrogens is 3. The summed E-state index contributed by atoms with van der Waals surface area (Å²) in [5, 5.41) is 4.16. The van der Waals surface area contributed by atoms with Gasteiger partial charge in [0, 0.05) is 38.2 Å². The molecule has 5 nitrogen and oxygen atoms in total. The van der Waals surface area contributed by atoms with E-state index in [1.165, 1.54) is 0 Å². The van der Waals surface area contributed by atoms with Crippen molar-refractivity contribution in [3.8, 4) is 34.2 Å². The number of fused-ring (bicyclic) bond motifs is 7. The normalized spacial score (nSPS) is 11.7. The first kappa shape index (κ1) is 20.9. The van der Waals surface area contributed by atoms with Gasteiger partial charge in [-0.05, 0) is 30.3 Å². The minimum Gasteiger partial charge on any atom is -0.452 e. The van der Waals surface area contributed by atoms with Crippen LogP contribution in [0.25, 0.3) is 78.0 Å². The highest BCUT2D eigenvalue weighted by Crippen LogP contribution is 2.39. The minimum absolute atomic E-state index is 0.592. The monoisotopic (exact) mass is 489 g/mol.